The Labute approximate surface area is 202 Å². The lowest BCUT2D eigenvalue weighted by Crippen LogP contribution is -2.60. The van der Waals surface area contributed by atoms with Crippen molar-refractivity contribution >= 4 is 23.7 Å². The topological polar surface area (TPSA) is 197 Å². The van der Waals surface area contributed by atoms with E-state index in [1.807, 2.05) is 19.1 Å². The molecule has 0 saturated carbocycles. The lowest BCUT2D eigenvalue weighted by atomic mass is 9.98. The number of ketones is 1. The van der Waals surface area contributed by atoms with E-state index in [1.165, 1.54) is 0 Å². The molecule has 0 aliphatic carbocycles. The molecule has 35 heavy (non-hydrogen) atoms. The zero-order chi connectivity index (χ0) is 26.4. The summed E-state index contributed by atoms with van der Waals surface area (Å²) >= 11 is 0. The highest BCUT2D eigenvalue weighted by atomic mass is 16.7. The predicted octanol–water partition coefficient (Wildman–Crippen LogP) is 0.324. The SMILES string of the molecule is CCC=CCC=CCC(=O)C(CCCC(=O)O)OC1OC(COC(=O)CC(=O)O)C(O)C(O)C1O. The third-order valence-corrected chi connectivity index (χ3v) is 5.05. The third kappa shape index (κ3) is 11.6. The minimum Gasteiger partial charge on any atom is -0.481 e. The van der Waals surface area contributed by atoms with E-state index in [4.69, 9.17) is 24.4 Å². The molecule has 1 rings (SSSR count). The van der Waals surface area contributed by atoms with Crippen molar-refractivity contribution < 1.29 is 58.9 Å². The number of Topliss-reactive ketones (excluding diaryl/α,β-unsaturated/α-hetero) is 1. The maximum Gasteiger partial charge on any atom is 0.317 e. The summed E-state index contributed by atoms with van der Waals surface area (Å²) in [6.07, 6.45) is -1.63. The molecule has 1 fully saturated rings. The Morgan fingerprint density at radius 3 is 2.26 bits per heavy atom. The third-order valence-electron chi connectivity index (χ3n) is 5.05. The van der Waals surface area contributed by atoms with Gasteiger partial charge in [0.25, 0.3) is 0 Å². The number of carboxylic acids is 2. The van der Waals surface area contributed by atoms with Gasteiger partial charge in [-0.15, -0.1) is 0 Å². The first-order chi connectivity index (χ1) is 16.6. The fourth-order valence-electron chi connectivity index (χ4n) is 3.19. The van der Waals surface area contributed by atoms with Gasteiger partial charge in [0.2, 0.25) is 0 Å². The first-order valence-electron chi connectivity index (χ1n) is 11.3. The van der Waals surface area contributed by atoms with Gasteiger partial charge in [0.05, 0.1) is 0 Å². The van der Waals surface area contributed by atoms with E-state index in [9.17, 15) is 34.5 Å². The maximum atomic E-state index is 12.7. The van der Waals surface area contributed by atoms with Crippen LogP contribution in [0.15, 0.2) is 24.3 Å². The number of ether oxygens (including phenoxy) is 3. The molecule has 0 amide bonds. The zero-order valence-electron chi connectivity index (χ0n) is 19.5. The summed E-state index contributed by atoms with van der Waals surface area (Å²) in [7, 11) is 0. The van der Waals surface area contributed by atoms with Crippen LogP contribution in [0, 0.1) is 0 Å². The lowest BCUT2D eigenvalue weighted by molar-refractivity contribution is -0.309. The normalized spacial score (nSPS) is 25.5. The molecule has 6 unspecified atom stereocenters. The number of aliphatic hydroxyl groups excluding tert-OH is 3. The maximum absolute atomic E-state index is 12.7. The zero-order valence-corrected chi connectivity index (χ0v) is 19.5. The lowest BCUT2D eigenvalue weighted by Gasteiger charge is -2.41. The standard InChI is InChI=1S/C23H34O12/c1-2-3-4-5-6-7-9-14(24)15(10-8-11-17(25)26)34-23-22(32)21(31)20(30)16(35-23)13-33-19(29)12-18(27)28/h3-4,6-7,15-16,20-23,30-32H,2,5,8-13H2,1H3,(H,25,26)(H,27,28). The number of carbonyl (C=O) groups is 4. The molecule has 12 heteroatoms. The number of carbonyl (C=O) groups excluding carboxylic acids is 2. The van der Waals surface area contributed by atoms with Crippen LogP contribution >= 0.6 is 0 Å². The fraction of sp³-hybridized carbons (Fsp3) is 0.652. The Hall–Kier alpha value is -2.64. The molecule has 0 spiro atoms. The molecule has 5 N–H and O–H groups in total. The number of hydrogen-bond donors (Lipinski definition) is 5. The molecule has 1 heterocycles. The van der Waals surface area contributed by atoms with Gasteiger partial charge in [-0.05, 0) is 25.7 Å². The Balaban J connectivity index is 2.85. The van der Waals surface area contributed by atoms with Crippen LogP contribution in [0.3, 0.4) is 0 Å². The highest BCUT2D eigenvalue weighted by Gasteiger charge is 2.46. The summed E-state index contributed by atoms with van der Waals surface area (Å²) in [6.45, 7) is 1.35. The highest BCUT2D eigenvalue weighted by Crippen LogP contribution is 2.25. The summed E-state index contributed by atoms with van der Waals surface area (Å²) < 4.78 is 15.7. The van der Waals surface area contributed by atoms with Crippen molar-refractivity contribution in [1.29, 1.82) is 0 Å². The average molecular weight is 503 g/mol. The van der Waals surface area contributed by atoms with E-state index in [2.05, 4.69) is 0 Å². The van der Waals surface area contributed by atoms with Gasteiger partial charge in [0.1, 0.15) is 43.5 Å². The monoisotopic (exact) mass is 502 g/mol. The molecule has 6 atom stereocenters. The van der Waals surface area contributed by atoms with Crippen LogP contribution in [0.2, 0.25) is 0 Å². The number of rotatable bonds is 16. The molecule has 1 aliphatic heterocycles. The summed E-state index contributed by atoms with van der Waals surface area (Å²) in [5, 5.41) is 48.1. The van der Waals surface area contributed by atoms with Crippen molar-refractivity contribution in [2.24, 2.45) is 0 Å². The molecule has 0 bridgehead atoms. The molecule has 198 valence electrons. The first-order valence-corrected chi connectivity index (χ1v) is 11.3. The minimum atomic E-state index is -1.78. The van der Waals surface area contributed by atoms with Gasteiger partial charge in [-0.1, -0.05) is 31.2 Å². The summed E-state index contributed by atoms with van der Waals surface area (Å²) in [4.78, 5) is 45.6. The van der Waals surface area contributed by atoms with Gasteiger partial charge >= 0.3 is 17.9 Å². The van der Waals surface area contributed by atoms with Crippen molar-refractivity contribution in [2.75, 3.05) is 6.61 Å². The minimum absolute atomic E-state index is 0.00178. The highest BCUT2D eigenvalue weighted by molar-refractivity contribution is 5.90. The number of allylic oxidation sites excluding steroid dienone is 4. The Bertz CT molecular complexity index is 762. The van der Waals surface area contributed by atoms with Crippen molar-refractivity contribution in [2.45, 2.75) is 88.7 Å². The second-order valence-corrected chi connectivity index (χ2v) is 7.94. The van der Waals surface area contributed by atoms with Crippen molar-refractivity contribution in [1.82, 2.24) is 0 Å². The second-order valence-electron chi connectivity index (χ2n) is 7.94. The summed E-state index contributed by atoms with van der Waals surface area (Å²) in [5.41, 5.74) is 0. The molecule has 12 nitrogen and oxygen atoms in total. The van der Waals surface area contributed by atoms with Crippen LogP contribution in [0.5, 0.6) is 0 Å². The smallest absolute Gasteiger partial charge is 0.317 e. The Morgan fingerprint density at radius 1 is 0.943 bits per heavy atom. The quantitative estimate of drug-likeness (QED) is 0.110. The van der Waals surface area contributed by atoms with Crippen molar-refractivity contribution in [3.05, 3.63) is 24.3 Å². The van der Waals surface area contributed by atoms with Gasteiger partial charge in [0, 0.05) is 12.8 Å². The molecule has 0 radical (unpaired) electrons. The molecule has 1 saturated heterocycles. The average Bonchev–Trinajstić information content (AvgIpc) is 2.79. The largest absolute Gasteiger partial charge is 0.481 e. The van der Waals surface area contributed by atoms with Crippen LogP contribution in [0.4, 0.5) is 0 Å². The number of aliphatic carboxylic acids is 2. The van der Waals surface area contributed by atoms with E-state index >= 15 is 0 Å². The van der Waals surface area contributed by atoms with Gasteiger partial charge in [-0.2, -0.15) is 0 Å². The molecular formula is C23H34O12. The second kappa shape index (κ2) is 16.1. The van der Waals surface area contributed by atoms with E-state index < -0.39 is 73.5 Å². The predicted molar refractivity (Wildman–Crippen MR) is 119 cm³/mol. The summed E-state index contributed by atoms with van der Waals surface area (Å²) in [6, 6.07) is 0. The number of aliphatic hydroxyl groups is 3. The van der Waals surface area contributed by atoms with E-state index in [0.717, 1.165) is 6.42 Å². The molecule has 0 aromatic rings. The Kier molecular flexibility index (Phi) is 14.0. The first kappa shape index (κ1) is 30.4. The van der Waals surface area contributed by atoms with Crippen LogP contribution in [0.25, 0.3) is 0 Å². The van der Waals surface area contributed by atoms with Gasteiger partial charge in [-0.3, -0.25) is 19.2 Å². The van der Waals surface area contributed by atoms with Crippen LogP contribution in [0.1, 0.15) is 51.9 Å². The number of hydrogen-bond acceptors (Lipinski definition) is 10. The number of carboxylic acid groups (broad SMARTS) is 2. The van der Waals surface area contributed by atoms with Crippen LogP contribution in [-0.4, -0.2) is 92.6 Å². The van der Waals surface area contributed by atoms with Gasteiger partial charge in [-0.25, -0.2) is 0 Å². The molecule has 0 aromatic carbocycles. The van der Waals surface area contributed by atoms with Crippen molar-refractivity contribution in [3.8, 4) is 0 Å². The fourth-order valence-corrected chi connectivity index (χ4v) is 3.19. The van der Waals surface area contributed by atoms with E-state index in [-0.39, 0.29) is 25.7 Å². The van der Waals surface area contributed by atoms with E-state index in [0.29, 0.717) is 6.42 Å². The van der Waals surface area contributed by atoms with Gasteiger partial charge in [0.15, 0.2) is 12.1 Å². The Morgan fingerprint density at radius 2 is 1.63 bits per heavy atom. The van der Waals surface area contributed by atoms with Crippen LogP contribution in [-0.2, 0) is 33.4 Å². The summed E-state index contributed by atoms with van der Waals surface area (Å²) in [5.74, 6) is -4.00. The van der Waals surface area contributed by atoms with E-state index in [1.54, 1.807) is 12.2 Å². The molecular weight excluding hydrogens is 468 g/mol. The molecule has 0 aromatic heterocycles. The molecule has 1 aliphatic rings. The van der Waals surface area contributed by atoms with Crippen molar-refractivity contribution in [3.63, 3.8) is 0 Å². The number of esters is 1. The van der Waals surface area contributed by atoms with Crippen LogP contribution < -0.4 is 0 Å². The van der Waals surface area contributed by atoms with Gasteiger partial charge < -0.3 is 39.7 Å².